The smallest absolute Gasteiger partial charge is 0.273 e. The lowest BCUT2D eigenvalue weighted by Gasteiger charge is -2.28. The molecule has 0 radical (unpaired) electrons. The lowest BCUT2D eigenvalue weighted by Crippen LogP contribution is -2.32. The van der Waals surface area contributed by atoms with E-state index < -0.39 is 0 Å². The highest BCUT2D eigenvalue weighted by atomic mass is 16.5. The lowest BCUT2D eigenvalue weighted by atomic mass is 9.95. The molecule has 4 rings (SSSR count). The van der Waals surface area contributed by atoms with Crippen molar-refractivity contribution in [3.63, 3.8) is 0 Å². The van der Waals surface area contributed by atoms with Crippen LogP contribution >= 0.6 is 0 Å². The third kappa shape index (κ3) is 3.65. The summed E-state index contributed by atoms with van der Waals surface area (Å²) in [6.07, 6.45) is 0.954. The van der Waals surface area contributed by atoms with E-state index in [0.717, 1.165) is 34.6 Å². The first-order valence-corrected chi connectivity index (χ1v) is 10.3. The summed E-state index contributed by atoms with van der Waals surface area (Å²) in [6, 6.07) is 17.9. The number of nitrogens with one attached hydrogen (secondary N) is 1. The fourth-order valence-electron chi connectivity index (χ4n) is 3.94. The van der Waals surface area contributed by atoms with Crippen molar-refractivity contribution in [1.29, 1.82) is 0 Å². The van der Waals surface area contributed by atoms with Crippen LogP contribution in [0.4, 0.5) is 0 Å². The molecule has 5 heteroatoms. The number of aromatic nitrogens is 2. The number of carbonyl (C=O) groups is 1. The number of aromatic amines is 1. The van der Waals surface area contributed by atoms with E-state index >= 15 is 0 Å². The maximum absolute atomic E-state index is 13.2. The Labute approximate surface area is 171 Å². The van der Waals surface area contributed by atoms with Gasteiger partial charge >= 0.3 is 0 Å². The molecule has 1 aliphatic heterocycles. The molecule has 5 nitrogen and oxygen atoms in total. The number of hydrogen-bond acceptors (Lipinski definition) is 3. The minimum Gasteiger partial charge on any atom is -0.494 e. The van der Waals surface area contributed by atoms with Gasteiger partial charge in [-0.05, 0) is 30.0 Å². The second-order valence-electron chi connectivity index (χ2n) is 7.90. The highest BCUT2D eigenvalue weighted by Gasteiger charge is 2.42. The van der Waals surface area contributed by atoms with Gasteiger partial charge in [-0.15, -0.1) is 0 Å². The molecule has 2 aromatic carbocycles. The predicted octanol–water partition coefficient (Wildman–Crippen LogP) is 5.07. The Balaban J connectivity index is 1.83. The fourth-order valence-corrected chi connectivity index (χ4v) is 3.94. The maximum atomic E-state index is 13.2. The van der Waals surface area contributed by atoms with Gasteiger partial charge in [-0.2, -0.15) is 5.10 Å². The van der Waals surface area contributed by atoms with Crippen LogP contribution in [-0.4, -0.2) is 34.2 Å². The van der Waals surface area contributed by atoms with E-state index in [1.54, 1.807) is 0 Å². The molecule has 0 saturated heterocycles. The van der Waals surface area contributed by atoms with E-state index in [1.165, 1.54) is 0 Å². The normalized spacial score (nSPS) is 15.8. The van der Waals surface area contributed by atoms with Gasteiger partial charge in [0.2, 0.25) is 0 Å². The Morgan fingerprint density at radius 1 is 1.14 bits per heavy atom. The molecule has 1 N–H and O–H groups in total. The number of ether oxygens (including phenoxy) is 1. The highest BCUT2D eigenvalue weighted by Crippen LogP contribution is 2.43. The van der Waals surface area contributed by atoms with E-state index in [1.807, 2.05) is 47.4 Å². The first kappa shape index (κ1) is 19.2. The topological polar surface area (TPSA) is 58.2 Å². The van der Waals surface area contributed by atoms with Crippen LogP contribution < -0.4 is 4.74 Å². The summed E-state index contributed by atoms with van der Waals surface area (Å²) in [4.78, 5) is 15.2. The Morgan fingerprint density at radius 2 is 1.93 bits per heavy atom. The van der Waals surface area contributed by atoms with Crippen molar-refractivity contribution in [2.75, 3.05) is 13.2 Å². The van der Waals surface area contributed by atoms with Gasteiger partial charge in [-0.25, -0.2) is 0 Å². The Hall–Kier alpha value is -3.08. The first-order chi connectivity index (χ1) is 14.1. The lowest BCUT2D eigenvalue weighted by molar-refractivity contribution is 0.0722. The average Bonchev–Trinajstić information content (AvgIpc) is 3.26. The van der Waals surface area contributed by atoms with Gasteiger partial charge in [-0.1, -0.05) is 63.2 Å². The van der Waals surface area contributed by atoms with Crippen LogP contribution in [0.2, 0.25) is 0 Å². The Kier molecular flexibility index (Phi) is 5.38. The van der Waals surface area contributed by atoms with Gasteiger partial charge < -0.3 is 9.64 Å². The average molecular weight is 389 g/mol. The zero-order valence-corrected chi connectivity index (χ0v) is 17.2. The number of rotatable bonds is 7. The molecule has 3 aromatic rings. The molecule has 29 heavy (non-hydrogen) atoms. The summed E-state index contributed by atoms with van der Waals surface area (Å²) in [5.41, 5.74) is 4.44. The van der Waals surface area contributed by atoms with Gasteiger partial charge in [0.15, 0.2) is 0 Å². The van der Waals surface area contributed by atoms with Gasteiger partial charge in [0.1, 0.15) is 11.4 Å². The standard InChI is InChI=1S/C24H27N3O2/c1-4-13-29-19-12-8-11-18(14-19)23-20-21(17-9-6-5-7-10-17)25-26-22(20)24(28)27(23)15-16(2)3/h5-12,14,16,23H,4,13,15H2,1-3H3,(H,25,26). The highest BCUT2D eigenvalue weighted by molar-refractivity contribution is 6.00. The molecule has 2 heterocycles. The number of nitrogens with zero attached hydrogens (tertiary/aromatic N) is 2. The van der Waals surface area contributed by atoms with Crippen LogP contribution in [-0.2, 0) is 0 Å². The third-order valence-corrected chi connectivity index (χ3v) is 5.12. The monoisotopic (exact) mass is 389 g/mol. The first-order valence-electron chi connectivity index (χ1n) is 10.3. The molecule has 0 saturated carbocycles. The number of H-pyrrole nitrogens is 1. The molecular weight excluding hydrogens is 362 g/mol. The second kappa shape index (κ2) is 8.11. The summed E-state index contributed by atoms with van der Waals surface area (Å²) >= 11 is 0. The molecule has 0 bridgehead atoms. The minimum absolute atomic E-state index is 0.00765. The summed E-state index contributed by atoms with van der Waals surface area (Å²) < 4.78 is 5.86. The van der Waals surface area contributed by atoms with Crippen molar-refractivity contribution in [2.45, 2.75) is 33.2 Å². The van der Waals surface area contributed by atoms with E-state index in [4.69, 9.17) is 4.74 Å². The number of carbonyl (C=O) groups excluding carboxylic acids is 1. The van der Waals surface area contributed by atoms with Gasteiger partial charge in [0.05, 0.1) is 18.3 Å². The van der Waals surface area contributed by atoms with Gasteiger partial charge in [0.25, 0.3) is 5.91 Å². The van der Waals surface area contributed by atoms with Crippen molar-refractivity contribution in [2.24, 2.45) is 5.92 Å². The van der Waals surface area contributed by atoms with Crippen LogP contribution in [0, 0.1) is 5.92 Å². The molecule has 0 spiro atoms. The molecule has 1 aromatic heterocycles. The molecular formula is C24H27N3O2. The maximum Gasteiger partial charge on any atom is 0.273 e. The predicted molar refractivity (Wildman–Crippen MR) is 114 cm³/mol. The molecule has 1 amide bonds. The summed E-state index contributed by atoms with van der Waals surface area (Å²) in [6.45, 7) is 7.71. The van der Waals surface area contributed by atoms with Crippen molar-refractivity contribution in [3.05, 3.63) is 71.4 Å². The fraction of sp³-hybridized carbons (Fsp3) is 0.333. The van der Waals surface area contributed by atoms with Crippen LogP contribution in [0.5, 0.6) is 5.75 Å². The molecule has 1 aliphatic rings. The Bertz CT molecular complexity index is 994. The van der Waals surface area contributed by atoms with Crippen molar-refractivity contribution < 1.29 is 9.53 Å². The quantitative estimate of drug-likeness (QED) is 0.614. The molecule has 0 aliphatic carbocycles. The minimum atomic E-state index is -0.181. The summed E-state index contributed by atoms with van der Waals surface area (Å²) in [7, 11) is 0. The molecule has 1 atom stereocenters. The number of benzene rings is 2. The zero-order chi connectivity index (χ0) is 20.4. The molecule has 150 valence electrons. The third-order valence-electron chi connectivity index (χ3n) is 5.12. The van der Waals surface area contributed by atoms with Crippen LogP contribution in [0.15, 0.2) is 54.6 Å². The van der Waals surface area contributed by atoms with Crippen molar-refractivity contribution in [1.82, 2.24) is 15.1 Å². The van der Waals surface area contributed by atoms with Gasteiger partial charge in [0, 0.05) is 17.7 Å². The van der Waals surface area contributed by atoms with Crippen molar-refractivity contribution >= 4 is 5.91 Å². The van der Waals surface area contributed by atoms with Crippen molar-refractivity contribution in [3.8, 4) is 17.0 Å². The zero-order valence-electron chi connectivity index (χ0n) is 17.2. The SMILES string of the molecule is CCCOc1cccc(C2c3c(-c4ccccc4)n[nH]c3C(=O)N2CC(C)C)c1. The van der Waals surface area contributed by atoms with E-state index in [9.17, 15) is 4.79 Å². The second-order valence-corrected chi connectivity index (χ2v) is 7.90. The van der Waals surface area contributed by atoms with Gasteiger partial charge in [-0.3, -0.25) is 9.89 Å². The Morgan fingerprint density at radius 3 is 2.66 bits per heavy atom. The number of fused-ring (bicyclic) bond motifs is 1. The summed E-state index contributed by atoms with van der Waals surface area (Å²) in [5.74, 6) is 1.20. The number of hydrogen-bond donors (Lipinski definition) is 1. The largest absolute Gasteiger partial charge is 0.494 e. The number of amides is 1. The van der Waals surface area contributed by atoms with Crippen LogP contribution in [0.1, 0.15) is 54.8 Å². The molecule has 0 fully saturated rings. The van der Waals surface area contributed by atoms with E-state index in [2.05, 4.69) is 43.1 Å². The van der Waals surface area contributed by atoms with Crippen LogP contribution in [0.3, 0.4) is 0 Å². The summed E-state index contributed by atoms with van der Waals surface area (Å²) in [5, 5.41) is 7.53. The molecule has 1 unspecified atom stereocenters. The van der Waals surface area contributed by atoms with Crippen LogP contribution in [0.25, 0.3) is 11.3 Å². The van der Waals surface area contributed by atoms with E-state index in [-0.39, 0.29) is 11.9 Å². The van der Waals surface area contributed by atoms with E-state index in [0.29, 0.717) is 24.8 Å².